The van der Waals surface area contributed by atoms with Crippen LogP contribution in [0.2, 0.25) is 0 Å². The van der Waals surface area contributed by atoms with Crippen LogP contribution in [-0.4, -0.2) is 16.9 Å². The SMILES string of the molecule is CC#CCCCC(=O)Nc1cccc(NC(=O)NCc2ccncc2)c1. The molecule has 0 saturated heterocycles. The Kier molecular flexibility index (Phi) is 7.69. The fourth-order valence-corrected chi connectivity index (χ4v) is 2.22. The Morgan fingerprint density at radius 3 is 2.54 bits per heavy atom. The second-order valence-corrected chi connectivity index (χ2v) is 5.57. The largest absolute Gasteiger partial charge is 0.334 e. The molecule has 0 radical (unpaired) electrons. The van der Waals surface area contributed by atoms with Gasteiger partial charge in [0.2, 0.25) is 5.91 Å². The summed E-state index contributed by atoms with van der Waals surface area (Å²) in [6, 6.07) is 10.4. The van der Waals surface area contributed by atoms with Crippen LogP contribution >= 0.6 is 0 Å². The van der Waals surface area contributed by atoms with Crippen molar-refractivity contribution < 1.29 is 9.59 Å². The van der Waals surface area contributed by atoms with Crippen molar-refractivity contribution in [1.29, 1.82) is 0 Å². The van der Waals surface area contributed by atoms with Gasteiger partial charge in [0.1, 0.15) is 0 Å². The quantitative estimate of drug-likeness (QED) is 0.528. The van der Waals surface area contributed by atoms with Crippen LogP contribution in [0.3, 0.4) is 0 Å². The van der Waals surface area contributed by atoms with Crippen LogP contribution < -0.4 is 16.0 Å². The number of hydrogen-bond donors (Lipinski definition) is 3. The number of pyridine rings is 1. The van der Waals surface area contributed by atoms with Crippen LogP contribution in [0.25, 0.3) is 0 Å². The number of unbranched alkanes of at least 4 members (excludes halogenated alkanes) is 1. The number of benzene rings is 1. The molecule has 0 atom stereocenters. The molecule has 0 saturated carbocycles. The number of anilines is 2. The Morgan fingerprint density at radius 1 is 1.08 bits per heavy atom. The number of urea groups is 1. The molecular weight excluding hydrogens is 328 g/mol. The van der Waals surface area contributed by atoms with E-state index in [0.717, 1.165) is 12.0 Å². The molecule has 0 aliphatic rings. The van der Waals surface area contributed by atoms with Crippen molar-refractivity contribution >= 4 is 23.3 Å². The lowest BCUT2D eigenvalue weighted by atomic mass is 10.2. The Labute approximate surface area is 153 Å². The number of nitrogens with one attached hydrogen (secondary N) is 3. The van der Waals surface area contributed by atoms with E-state index in [1.54, 1.807) is 43.6 Å². The van der Waals surface area contributed by atoms with E-state index in [0.29, 0.717) is 30.8 Å². The molecule has 0 bridgehead atoms. The lowest BCUT2D eigenvalue weighted by molar-refractivity contribution is -0.116. The van der Waals surface area contributed by atoms with E-state index in [1.807, 2.05) is 12.1 Å². The number of aromatic nitrogens is 1. The van der Waals surface area contributed by atoms with Crippen LogP contribution in [-0.2, 0) is 11.3 Å². The number of amides is 3. The molecule has 3 amide bonds. The van der Waals surface area contributed by atoms with Crippen LogP contribution in [0, 0.1) is 11.8 Å². The molecule has 2 aromatic rings. The van der Waals surface area contributed by atoms with Crippen LogP contribution in [0.1, 0.15) is 31.7 Å². The number of carbonyl (C=O) groups is 2. The topological polar surface area (TPSA) is 83.1 Å². The fourth-order valence-electron chi connectivity index (χ4n) is 2.22. The summed E-state index contributed by atoms with van der Waals surface area (Å²) in [5.74, 6) is 5.67. The Bertz CT molecular complexity index is 794. The van der Waals surface area contributed by atoms with Crippen molar-refractivity contribution in [1.82, 2.24) is 10.3 Å². The molecule has 1 heterocycles. The molecular formula is C20H22N4O2. The maximum absolute atomic E-state index is 12.0. The van der Waals surface area contributed by atoms with Crippen molar-refractivity contribution in [3.8, 4) is 11.8 Å². The second-order valence-electron chi connectivity index (χ2n) is 5.57. The first kappa shape index (κ1) is 19.0. The highest BCUT2D eigenvalue weighted by Gasteiger charge is 2.05. The minimum atomic E-state index is -0.316. The predicted molar refractivity (Wildman–Crippen MR) is 102 cm³/mol. The van der Waals surface area contributed by atoms with Gasteiger partial charge < -0.3 is 16.0 Å². The molecule has 0 spiro atoms. The first-order valence-corrected chi connectivity index (χ1v) is 8.40. The van der Waals surface area contributed by atoms with Gasteiger partial charge in [0.15, 0.2) is 0 Å². The molecule has 6 heteroatoms. The van der Waals surface area contributed by atoms with Crippen molar-refractivity contribution in [3.63, 3.8) is 0 Å². The molecule has 0 unspecified atom stereocenters. The second kappa shape index (κ2) is 10.5. The minimum Gasteiger partial charge on any atom is -0.334 e. The van der Waals surface area contributed by atoms with Crippen molar-refractivity contribution in [2.45, 2.75) is 32.7 Å². The van der Waals surface area contributed by atoms with Gasteiger partial charge in [0.05, 0.1) is 0 Å². The first-order chi connectivity index (χ1) is 12.7. The van der Waals surface area contributed by atoms with Gasteiger partial charge in [-0.25, -0.2) is 4.79 Å². The van der Waals surface area contributed by atoms with Crippen LogP contribution in [0.15, 0.2) is 48.8 Å². The summed E-state index contributed by atoms with van der Waals surface area (Å²) in [5.41, 5.74) is 2.21. The smallest absolute Gasteiger partial charge is 0.319 e. The Morgan fingerprint density at radius 2 is 1.81 bits per heavy atom. The van der Waals surface area contributed by atoms with Gasteiger partial charge in [-0.15, -0.1) is 11.8 Å². The predicted octanol–water partition coefficient (Wildman–Crippen LogP) is 3.54. The third-order valence-corrected chi connectivity index (χ3v) is 3.49. The minimum absolute atomic E-state index is 0.0674. The fraction of sp³-hybridized carbons (Fsp3) is 0.250. The number of hydrogen-bond acceptors (Lipinski definition) is 3. The van der Waals surface area contributed by atoms with Crippen molar-refractivity contribution in [2.24, 2.45) is 0 Å². The lowest BCUT2D eigenvalue weighted by Crippen LogP contribution is -2.28. The third-order valence-electron chi connectivity index (χ3n) is 3.49. The lowest BCUT2D eigenvalue weighted by Gasteiger charge is -2.10. The van der Waals surface area contributed by atoms with E-state index in [4.69, 9.17) is 0 Å². The molecule has 26 heavy (non-hydrogen) atoms. The summed E-state index contributed by atoms with van der Waals surface area (Å²) in [6.07, 6.45) is 5.20. The molecule has 3 N–H and O–H groups in total. The van der Waals surface area contributed by atoms with Gasteiger partial charge in [0.25, 0.3) is 0 Å². The van der Waals surface area contributed by atoms with Crippen LogP contribution in [0.5, 0.6) is 0 Å². The highest BCUT2D eigenvalue weighted by Crippen LogP contribution is 2.15. The summed E-state index contributed by atoms with van der Waals surface area (Å²) in [7, 11) is 0. The van der Waals surface area contributed by atoms with Gasteiger partial charge in [0, 0.05) is 43.2 Å². The van der Waals surface area contributed by atoms with Gasteiger partial charge in [-0.2, -0.15) is 0 Å². The highest BCUT2D eigenvalue weighted by atomic mass is 16.2. The number of rotatable bonds is 7. The van der Waals surface area contributed by atoms with Gasteiger partial charge in [-0.3, -0.25) is 9.78 Å². The summed E-state index contributed by atoms with van der Waals surface area (Å²) in [6.45, 7) is 2.19. The van der Waals surface area contributed by atoms with Gasteiger partial charge >= 0.3 is 6.03 Å². The molecule has 2 rings (SSSR count). The molecule has 0 aliphatic heterocycles. The molecule has 0 fully saturated rings. The number of nitrogens with zero attached hydrogens (tertiary/aromatic N) is 1. The van der Waals surface area contributed by atoms with E-state index in [2.05, 4.69) is 32.8 Å². The van der Waals surface area contributed by atoms with E-state index in [9.17, 15) is 9.59 Å². The van der Waals surface area contributed by atoms with Crippen LogP contribution in [0.4, 0.5) is 16.2 Å². The summed E-state index contributed by atoms with van der Waals surface area (Å²) < 4.78 is 0. The van der Waals surface area contributed by atoms with Gasteiger partial charge in [-0.1, -0.05) is 6.07 Å². The average Bonchev–Trinajstić information content (AvgIpc) is 2.65. The third kappa shape index (κ3) is 7.05. The van der Waals surface area contributed by atoms with Crippen molar-refractivity contribution in [3.05, 3.63) is 54.4 Å². The average molecular weight is 350 g/mol. The molecule has 1 aromatic heterocycles. The van der Waals surface area contributed by atoms with E-state index in [1.165, 1.54) is 0 Å². The maximum Gasteiger partial charge on any atom is 0.319 e. The summed E-state index contributed by atoms with van der Waals surface area (Å²) in [5, 5.41) is 8.34. The van der Waals surface area contributed by atoms with E-state index >= 15 is 0 Å². The maximum atomic E-state index is 12.0. The standard InChI is InChI=1S/C20H22N4O2/c1-2-3-4-5-9-19(25)23-17-7-6-8-18(14-17)24-20(26)22-15-16-10-12-21-13-11-16/h6-8,10-14H,4-5,9,15H2,1H3,(H,23,25)(H2,22,24,26). The van der Waals surface area contributed by atoms with E-state index < -0.39 is 0 Å². The summed E-state index contributed by atoms with van der Waals surface area (Å²) >= 11 is 0. The zero-order chi connectivity index (χ0) is 18.6. The normalized spacial score (nSPS) is 9.58. The molecule has 0 aliphatic carbocycles. The van der Waals surface area contributed by atoms with Crippen molar-refractivity contribution in [2.75, 3.05) is 10.6 Å². The molecule has 134 valence electrons. The highest BCUT2D eigenvalue weighted by molar-refractivity contribution is 5.93. The number of carbonyl (C=O) groups excluding carboxylic acids is 2. The zero-order valence-corrected chi connectivity index (χ0v) is 14.7. The first-order valence-electron chi connectivity index (χ1n) is 8.40. The van der Waals surface area contributed by atoms with E-state index in [-0.39, 0.29) is 11.9 Å². The van der Waals surface area contributed by atoms with Gasteiger partial charge in [-0.05, 0) is 49.2 Å². The summed E-state index contributed by atoms with van der Waals surface area (Å²) in [4.78, 5) is 27.8. The molecule has 1 aromatic carbocycles. The Balaban J connectivity index is 1.80. The monoisotopic (exact) mass is 350 g/mol. The zero-order valence-electron chi connectivity index (χ0n) is 14.7. The molecule has 6 nitrogen and oxygen atoms in total. The Hall–Kier alpha value is -3.33.